The molecule has 1 heterocycles. The van der Waals surface area contributed by atoms with Crippen molar-refractivity contribution in [3.8, 4) is 17.2 Å². The van der Waals surface area contributed by atoms with Crippen molar-refractivity contribution in [1.82, 2.24) is 4.90 Å². The second kappa shape index (κ2) is 7.65. The minimum atomic E-state index is -0.263. The van der Waals surface area contributed by atoms with Crippen LogP contribution >= 0.6 is 0 Å². The van der Waals surface area contributed by atoms with Crippen LogP contribution in [0.15, 0.2) is 66.7 Å². The molecule has 0 saturated carbocycles. The number of amides is 1. The third-order valence-electron chi connectivity index (χ3n) is 6.34. The lowest BCUT2D eigenvalue weighted by Crippen LogP contribution is -2.34. The van der Waals surface area contributed by atoms with Gasteiger partial charge < -0.3 is 19.1 Å². The van der Waals surface area contributed by atoms with Crippen LogP contribution in [0.4, 0.5) is 0 Å². The van der Waals surface area contributed by atoms with E-state index >= 15 is 0 Å². The van der Waals surface area contributed by atoms with Gasteiger partial charge in [0.05, 0.1) is 13.0 Å². The molecule has 1 aliphatic heterocycles. The predicted octanol–water partition coefficient (Wildman–Crippen LogP) is 4.41. The van der Waals surface area contributed by atoms with Gasteiger partial charge in [0.15, 0.2) is 11.5 Å². The number of methoxy groups -OCH3 is 1. The number of benzene rings is 3. The number of ether oxygens (including phenoxy) is 3. The van der Waals surface area contributed by atoms with Gasteiger partial charge in [-0.2, -0.15) is 0 Å². The number of nitrogens with zero attached hydrogens (tertiary/aromatic N) is 1. The van der Waals surface area contributed by atoms with Crippen molar-refractivity contribution in [3.05, 3.63) is 89.0 Å². The highest BCUT2D eigenvalue weighted by molar-refractivity contribution is 5.84. The number of rotatable bonds is 4. The van der Waals surface area contributed by atoms with E-state index in [9.17, 15) is 4.79 Å². The number of hydrogen-bond acceptors (Lipinski definition) is 4. The summed E-state index contributed by atoms with van der Waals surface area (Å²) in [6.45, 7) is 0.231. The average molecular weight is 415 g/mol. The molecule has 1 aliphatic carbocycles. The minimum Gasteiger partial charge on any atom is -0.497 e. The van der Waals surface area contributed by atoms with Crippen LogP contribution in [0.2, 0.25) is 0 Å². The van der Waals surface area contributed by atoms with E-state index in [1.54, 1.807) is 12.0 Å². The highest BCUT2D eigenvalue weighted by atomic mass is 16.7. The molecule has 0 aromatic heterocycles. The van der Waals surface area contributed by atoms with Crippen LogP contribution in [0.3, 0.4) is 0 Å². The lowest BCUT2D eigenvalue weighted by Gasteiger charge is -2.28. The molecule has 3 aromatic carbocycles. The highest BCUT2D eigenvalue weighted by Gasteiger charge is 2.46. The lowest BCUT2D eigenvalue weighted by atomic mass is 9.78. The fourth-order valence-electron chi connectivity index (χ4n) is 4.93. The maximum absolute atomic E-state index is 13.6. The van der Waals surface area contributed by atoms with Gasteiger partial charge in [-0.25, -0.2) is 0 Å². The zero-order chi connectivity index (χ0) is 21.5. The Morgan fingerprint density at radius 2 is 1.48 bits per heavy atom. The molecule has 31 heavy (non-hydrogen) atoms. The van der Waals surface area contributed by atoms with Gasteiger partial charge in [0, 0.05) is 25.9 Å². The maximum atomic E-state index is 13.6. The van der Waals surface area contributed by atoms with Crippen LogP contribution in [0.5, 0.6) is 17.2 Å². The average Bonchev–Trinajstić information content (AvgIpc) is 3.40. The molecule has 0 saturated heterocycles. The van der Waals surface area contributed by atoms with Crippen molar-refractivity contribution in [2.75, 3.05) is 28.0 Å². The Balaban J connectivity index is 1.68. The standard InChI is InChI=1S/C26H25NO4/c1-27(2)26(28)25-23(16-8-11-18(29-3)12-9-16)19-6-4-5-7-20(19)24(25)17-10-13-21-22(14-17)31-15-30-21/h4-14,23-25H,15H2,1-3H3. The summed E-state index contributed by atoms with van der Waals surface area (Å²) in [4.78, 5) is 15.3. The number of carbonyl (C=O) groups is 1. The molecular formula is C26H25NO4. The summed E-state index contributed by atoms with van der Waals surface area (Å²) in [5, 5.41) is 0. The summed E-state index contributed by atoms with van der Waals surface area (Å²) in [6.07, 6.45) is 0. The van der Waals surface area contributed by atoms with Crippen LogP contribution in [0, 0.1) is 5.92 Å². The van der Waals surface area contributed by atoms with Gasteiger partial charge in [-0.1, -0.05) is 42.5 Å². The molecular weight excluding hydrogens is 390 g/mol. The molecule has 2 aliphatic rings. The molecule has 5 rings (SSSR count). The first-order valence-electron chi connectivity index (χ1n) is 10.4. The van der Waals surface area contributed by atoms with Crippen molar-refractivity contribution >= 4 is 5.91 Å². The third kappa shape index (κ3) is 3.21. The Labute approximate surface area is 182 Å². The van der Waals surface area contributed by atoms with E-state index in [-0.39, 0.29) is 30.5 Å². The van der Waals surface area contributed by atoms with E-state index in [1.165, 1.54) is 11.1 Å². The van der Waals surface area contributed by atoms with Gasteiger partial charge in [-0.15, -0.1) is 0 Å². The van der Waals surface area contributed by atoms with E-state index in [4.69, 9.17) is 14.2 Å². The summed E-state index contributed by atoms with van der Waals surface area (Å²) in [7, 11) is 5.31. The van der Waals surface area contributed by atoms with Crippen LogP contribution < -0.4 is 14.2 Å². The summed E-state index contributed by atoms with van der Waals surface area (Å²) >= 11 is 0. The molecule has 0 fully saturated rings. The largest absolute Gasteiger partial charge is 0.497 e. The van der Waals surface area contributed by atoms with Gasteiger partial charge in [0.25, 0.3) is 0 Å². The molecule has 1 amide bonds. The van der Waals surface area contributed by atoms with Crippen LogP contribution in [-0.4, -0.2) is 38.8 Å². The molecule has 3 unspecified atom stereocenters. The third-order valence-corrected chi connectivity index (χ3v) is 6.34. The topological polar surface area (TPSA) is 48.0 Å². The van der Waals surface area contributed by atoms with E-state index in [1.807, 2.05) is 44.4 Å². The summed E-state index contributed by atoms with van der Waals surface area (Å²) < 4.78 is 16.5. The fraction of sp³-hybridized carbons (Fsp3) is 0.269. The molecule has 0 N–H and O–H groups in total. The first-order valence-corrected chi connectivity index (χ1v) is 10.4. The molecule has 0 spiro atoms. The van der Waals surface area contributed by atoms with Gasteiger partial charge in [-0.05, 0) is 46.5 Å². The van der Waals surface area contributed by atoms with E-state index in [2.05, 4.69) is 36.4 Å². The van der Waals surface area contributed by atoms with E-state index in [0.717, 1.165) is 28.4 Å². The SMILES string of the molecule is COc1ccc(C2c3ccccc3C(c3ccc4c(c3)OCO4)C2C(=O)N(C)C)cc1. The van der Waals surface area contributed by atoms with Gasteiger partial charge in [0.1, 0.15) is 5.75 Å². The second-order valence-corrected chi connectivity index (χ2v) is 8.23. The Morgan fingerprint density at radius 1 is 0.871 bits per heavy atom. The van der Waals surface area contributed by atoms with E-state index in [0.29, 0.717) is 0 Å². The second-order valence-electron chi connectivity index (χ2n) is 8.23. The smallest absolute Gasteiger partial charge is 0.231 e. The van der Waals surface area contributed by atoms with Gasteiger partial charge >= 0.3 is 0 Å². The van der Waals surface area contributed by atoms with Crippen molar-refractivity contribution in [1.29, 1.82) is 0 Å². The Morgan fingerprint density at radius 3 is 2.13 bits per heavy atom. The Hall–Kier alpha value is -3.47. The maximum Gasteiger partial charge on any atom is 0.231 e. The molecule has 0 radical (unpaired) electrons. The van der Waals surface area contributed by atoms with E-state index < -0.39 is 0 Å². The van der Waals surface area contributed by atoms with Crippen molar-refractivity contribution in [2.24, 2.45) is 5.92 Å². The molecule has 0 bridgehead atoms. The number of hydrogen-bond donors (Lipinski definition) is 0. The molecule has 5 nitrogen and oxygen atoms in total. The molecule has 3 aromatic rings. The Kier molecular flexibility index (Phi) is 4.81. The molecule has 5 heteroatoms. The first kappa shape index (κ1) is 19.5. The zero-order valence-electron chi connectivity index (χ0n) is 17.9. The first-order chi connectivity index (χ1) is 15.1. The van der Waals surface area contributed by atoms with Crippen molar-refractivity contribution < 1.29 is 19.0 Å². The highest BCUT2D eigenvalue weighted by Crippen LogP contribution is 2.54. The Bertz CT molecular complexity index is 1120. The monoisotopic (exact) mass is 415 g/mol. The summed E-state index contributed by atoms with van der Waals surface area (Å²) in [5.74, 6) is 2.01. The fourth-order valence-corrected chi connectivity index (χ4v) is 4.93. The van der Waals surface area contributed by atoms with Gasteiger partial charge in [0.2, 0.25) is 12.7 Å². The summed E-state index contributed by atoms with van der Waals surface area (Å²) in [6, 6.07) is 22.5. The molecule has 3 atom stereocenters. The zero-order valence-corrected chi connectivity index (χ0v) is 17.9. The van der Waals surface area contributed by atoms with Crippen molar-refractivity contribution in [2.45, 2.75) is 11.8 Å². The predicted molar refractivity (Wildman–Crippen MR) is 118 cm³/mol. The van der Waals surface area contributed by atoms with Crippen LogP contribution in [-0.2, 0) is 4.79 Å². The quantitative estimate of drug-likeness (QED) is 0.634. The summed E-state index contributed by atoms with van der Waals surface area (Å²) in [5.41, 5.74) is 4.54. The van der Waals surface area contributed by atoms with Crippen molar-refractivity contribution in [3.63, 3.8) is 0 Å². The lowest BCUT2D eigenvalue weighted by molar-refractivity contribution is -0.133. The van der Waals surface area contributed by atoms with Crippen LogP contribution in [0.25, 0.3) is 0 Å². The normalized spacial score (nSPS) is 20.9. The number of fused-ring (bicyclic) bond motifs is 2. The minimum absolute atomic E-state index is 0.0487. The van der Waals surface area contributed by atoms with Crippen LogP contribution in [0.1, 0.15) is 34.1 Å². The number of carbonyl (C=O) groups excluding carboxylic acids is 1. The molecule has 158 valence electrons. The van der Waals surface area contributed by atoms with Gasteiger partial charge in [-0.3, -0.25) is 4.79 Å².